The highest BCUT2D eigenvalue weighted by Crippen LogP contribution is 2.32. The minimum Gasteiger partial charge on any atom is -0.464 e. The number of anilines is 2. The van der Waals surface area contributed by atoms with E-state index < -0.39 is 11.6 Å². The van der Waals surface area contributed by atoms with Crippen LogP contribution in [0.1, 0.15) is 67.1 Å². The average molecular weight is 591 g/mol. The monoisotopic (exact) mass is 590 g/mol. The fraction of sp³-hybridized carbons (Fsp3) is 0.467. The molecule has 5 rings (SSSR count). The van der Waals surface area contributed by atoms with E-state index in [0.717, 1.165) is 37.0 Å². The van der Waals surface area contributed by atoms with Gasteiger partial charge in [0.1, 0.15) is 11.1 Å². The van der Waals surface area contributed by atoms with Gasteiger partial charge in [-0.2, -0.15) is 5.10 Å². The second-order valence-corrected chi connectivity index (χ2v) is 11.7. The highest BCUT2D eigenvalue weighted by atomic mass is 16.6. The van der Waals surface area contributed by atoms with Crippen molar-refractivity contribution >= 4 is 46.0 Å². The van der Waals surface area contributed by atoms with E-state index in [1.54, 1.807) is 28.3 Å². The molecule has 13 heteroatoms. The summed E-state index contributed by atoms with van der Waals surface area (Å²) in [5.74, 6) is -0.596. The summed E-state index contributed by atoms with van der Waals surface area (Å²) in [7, 11) is 3.12. The molecule has 1 aromatic carbocycles. The van der Waals surface area contributed by atoms with Gasteiger partial charge in [-0.25, -0.2) is 19.6 Å². The fourth-order valence-electron chi connectivity index (χ4n) is 5.54. The van der Waals surface area contributed by atoms with E-state index in [2.05, 4.69) is 25.3 Å². The highest BCUT2D eigenvalue weighted by Gasteiger charge is 2.31. The van der Waals surface area contributed by atoms with Crippen LogP contribution in [0.2, 0.25) is 0 Å². The Hall–Kier alpha value is -4.68. The topological polar surface area (TPSA) is 136 Å². The van der Waals surface area contributed by atoms with Crippen LogP contribution < -0.4 is 10.2 Å². The minimum absolute atomic E-state index is 0.0958. The van der Waals surface area contributed by atoms with Crippen molar-refractivity contribution in [2.75, 3.05) is 37.0 Å². The first-order chi connectivity index (χ1) is 20.4. The van der Waals surface area contributed by atoms with E-state index >= 15 is 0 Å². The maximum atomic E-state index is 13.5. The summed E-state index contributed by atoms with van der Waals surface area (Å²) in [6.07, 6.45) is 6.38. The lowest BCUT2D eigenvalue weighted by molar-refractivity contribution is 0.0149. The van der Waals surface area contributed by atoms with Gasteiger partial charge < -0.3 is 29.0 Å². The van der Waals surface area contributed by atoms with E-state index in [1.165, 1.54) is 13.3 Å². The molecule has 228 valence electrons. The van der Waals surface area contributed by atoms with Crippen molar-refractivity contribution in [1.82, 2.24) is 29.0 Å². The van der Waals surface area contributed by atoms with Crippen LogP contribution in [0.3, 0.4) is 0 Å². The smallest absolute Gasteiger partial charge is 0.410 e. The molecule has 13 nitrogen and oxygen atoms in total. The standard InChI is InChI=1S/C30H38N8O5/c1-8-38(29(41)43-30(3,4)5)19-11-13-36(14-12-19)23-10-9-20(25-21(23)15-35(6)34-25)27(39)33-24-17-37-16-22(28(40)42-7)31-18(2)26(37)32-24/h9-10,15-17,19H,8,11-14H2,1-7H3,(H,33,39). The van der Waals surface area contributed by atoms with Gasteiger partial charge >= 0.3 is 12.1 Å². The number of esters is 1. The molecule has 2 amide bonds. The molecule has 0 radical (unpaired) electrons. The van der Waals surface area contributed by atoms with Crippen LogP contribution in [0.15, 0.2) is 30.7 Å². The predicted octanol–water partition coefficient (Wildman–Crippen LogP) is 4.19. The van der Waals surface area contributed by atoms with Crippen molar-refractivity contribution in [3.8, 4) is 0 Å². The number of ether oxygens (including phenoxy) is 2. The first-order valence-corrected chi connectivity index (χ1v) is 14.4. The lowest BCUT2D eigenvalue weighted by Crippen LogP contribution is -2.48. The molecule has 4 aromatic rings. The fourth-order valence-corrected chi connectivity index (χ4v) is 5.54. The molecule has 0 spiro atoms. The first kappa shape index (κ1) is 29.8. The summed E-state index contributed by atoms with van der Waals surface area (Å²) < 4.78 is 13.7. The maximum absolute atomic E-state index is 13.5. The Morgan fingerprint density at radius 2 is 1.81 bits per heavy atom. The Bertz CT molecular complexity index is 1690. The van der Waals surface area contributed by atoms with Crippen molar-refractivity contribution in [1.29, 1.82) is 0 Å². The van der Waals surface area contributed by atoms with Gasteiger partial charge in [0.25, 0.3) is 5.91 Å². The molecular formula is C30H38N8O5. The Morgan fingerprint density at radius 3 is 2.47 bits per heavy atom. The van der Waals surface area contributed by atoms with Gasteiger partial charge in [0, 0.05) is 56.2 Å². The van der Waals surface area contributed by atoms with E-state index in [0.29, 0.717) is 34.8 Å². The zero-order valence-electron chi connectivity index (χ0n) is 25.7. The number of rotatable bonds is 6. The second-order valence-electron chi connectivity index (χ2n) is 11.7. The number of amides is 2. The molecule has 0 unspecified atom stereocenters. The van der Waals surface area contributed by atoms with E-state index in [9.17, 15) is 14.4 Å². The molecule has 1 N–H and O–H groups in total. The number of piperidine rings is 1. The number of hydrogen-bond acceptors (Lipinski definition) is 9. The van der Waals surface area contributed by atoms with Gasteiger partial charge in [-0.05, 0) is 59.6 Å². The highest BCUT2D eigenvalue weighted by molar-refractivity contribution is 6.13. The molecule has 1 fully saturated rings. The van der Waals surface area contributed by atoms with E-state index in [1.807, 2.05) is 51.9 Å². The van der Waals surface area contributed by atoms with Crippen LogP contribution in [0.4, 0.5) is 16.3 Å². The quantitative estimate of drug-likeness (QED) is 0.328. The van der Waals surface area contributed by atoms with Crippen molar-refractivity contribution in [3.05, 3.63) is 47.7 Å². The zero-order chi connectivity index (χ0) is 31.1. The number of aromatic nitrogens is 5. The third-order valence-electron chi connectivity index (χ3n) is 7.47. The van der Waals surface area contributed by atoms with E-state index in [-0.39, 0.29) is 23.7 Å². The largest absolute Gasteiger partial charge is 0.464 e. The lowest BCUT2D eigenvalue weighted by atomic mass is 10.0. The normalized spacial score (nSPS) is 14.3. The number of imidazole rings is 1. The van der Waals surface area contributed by atoms with Gasteiger partial charge in [-0.15, -0.1) is 0 Å². The Labute approximate surface area is 249 Å². The van der Waals surface area contributed by atoms with Crippen LogP contribution in [-0.2, 0) is 16.5 Å². The predicted molar refractivity (Wildman–Crippen MR) is 162 cm³/mol. The summed E-state index contributed by atoms with van der Waals surface area (Å²) in [6.45, 7) is 11.4. The molecule has 4 heterocycles. The first-order valence-electron chi connectivity index (χ1n) is 14.4. The molecule has 3 aromatic heterocycles. The van der Waals surface area contributed by atoms with Crippen molar-refractivity contribution in [3.63, 3.8) is 0 Å². The molecule has 0 saturated carbocycles. The van der Waals surface area contributed by atoms with E-state index in [4.69, 9.17) is 9.47 Å². The maximum Gasteiger partial charge on any atom is 0.410 e. The Kier molecular flexibility index (Phi) is 8.00. The molecule has 1 aliphatic rings. The average Bonchev–Trinajstić information content (AvgIpc) is 3.54. The molecule has 1 aliphatic heterocycles. The number of nitrogens with one attached hydrogen (secondary N) is 1. The number of carbonyl (C=O) groups excluding carboxylic acids is 3. The van der Waals surface area contributed by atoms with Crippen molar-refractivity contribution in [2.45, 2.75) is 59.1 Å². The van der Waals surface area contributed by atoms with Crippen LogP contribution in [0.5, 0.6) is 0 Å². The number of benzene rings is 1. The van der Waals surface area contributed by atoms with Gasteiger partial charge in [-0.3, -0.25) is 9.48 Å². The van der Waals surface area contributed by atoms with Crippen LogP contribution in [0.25, 0.3) is 16.6 Å². The molecule has 0 bridgehead atoms. The molecule has 0 aliphatic carbocycles. The molecule has 0 atom stereocenters. The van der Waals surface area contributed by atoms with Gasteiger partial charge in [0.15, 0.2) is 17.2 Å². The summed E-state index contributed by atoms with van der Waals surface area (Å²) in [5.41, 5.74) is 2.63. The SMILES string of the molecule is CCN(C(=O)OC(C)(C)C)C1CCN(c2ccc(C(=O)Nc3cn4cc(C(=O)OC)nc(C)c4n3)c3nn(C)cc23)CC1. The van der Waals surface area contributed by atoms with Gasteiger partial charge in [-0.1, -0.05) is 0 Å². The Balaban J connectivity index is 1.34. The lowest BCUT2D eigenvalue weighted by Gasteiger charge is -2.39. The van der Waals surface area contributed by atoms with Crippen LogP contribution in [-0.4, -0.2) is 85.4 Å². The summed E-state index contributed by atoms with van der Waals surface area (Å²) in [6, 6.07) is 3.83. The minimum atomic E-state index is -0.558. The Morgan fingerprint density at radius 1 is 1.09 bits per heavy atom. The third kappa shape index (κ3) is 6.11. The number of fused-ring (bicyclic) bond motifs is 2. The van der Waals surface area contributed by atoms with Crippen molar-refractivity contribution in [2.24, 2.45) is 7.05 Å². The summed E-state index contributed by atoms with van der Waals surface area (Å²) in [5, 5.41) is 8.34. The summed E-state index contributed by atoms with van der Waals surface area (Å²) in [4.78, 5) is 51.0. The number of carbonyl (C=O) groups is 3. The second kappa shape index (κ2) is 11.5. The number of aryl methyl sites for hydroxylation is 2. The molecular weight excluding hydrogens is 552 g/mol. The number of nitrogens with zero attached hydrogens (tertiary/aromatic N) is 7. The third-order valence-corrected chi connectivity index (χ3v) is 7.47. The summed E-state index contributed by atoms with van der Waals surface area (Å²) >= 11 is 0. The molecule has 43 heavy (non-hydrogen) atoms. The number of methoxy groups -OCH3 is 1. The van der Waals surface area contributed by atoms with Crippen LogP contribution >= 0.6 is 0 Å². The van der Waals surface area contributed by atoms with Crippen LogP contribution in [0, 0.1) is 6.92 Å². The number of hydrogen-bond donors (Lipinski definition) is 1. The van der Waals surface area contributed by atoms with Gasteiger partial charge in [0.05, 0.1) is 24.6 Å². The van der Waals surface area contributed by atoms with Crippen molar-refractivity contribution < 1.29 is 23.9 Å². The molecule has 1 saturated heterocycles. The zero-order valence-corrected chi connectivity index (χ0v) is 25.7. The van der Waals surface area contributed by atoms with Gasteiger partial charge in [0.2, 0.25) is 0 Å².